The minimum absolute atomic E-state index is 0.115. The Bertz CT molecular complexity index is 1010. The van der Waals surface area contributed by atoms with Gasteiger partial charge >= 0.3 is 17.9 Å². The van der Waals surface area contributed by atoms with Crippen molar-refractivity contribution in [2.24, 2.45) is 5.92 Å². The first-order valence-electron chi connectivity index (χ1n) is 12.5. The third-order valence-electron chi connectivity index (χ3n) is 6.50. The molecule has 0 unspecified atom stereocenters. The van der Waals surface area contributed by atoms with Crippen LogP contribution < -0.4 is 0 Å². The molecule has 9 nitrogen and oxygen atoms in total. The molecule has 1 fully saturated rings. The van der Waals surface area contributed by atoms with Crippen LogP contribution in [-0.4, -0.2) is 66.9 Å². The van der Waals surface area contributed by atoms with Crippen molar-refractivity contribution in [3.8, 4) is 0 Å². The maximum Gasteiger partial charge on any atom is 0.313 e. The fourth-order valence-corrected chi connectivity index (χ4v) is 4.42. The van der Waals surface area contributed by atoms with E-state index in [0.29, 0.717) is 41.9 Å². The molecule has 210 valence electrons. The molecule has 0 aromatic rings. The lowest BCUT2D eigenvalue weighted by Crippen LogP contribution is -2.37. The number of ketones is 1. The molecule has 1 N–H and O–H groups in total. The van der Waals surface area contributed by atoms with Crippen molar-refractivity contribution in [2.45, 2.75) is 83.7 Å². The Morgan fingerprint density at radius 1 is 1.29 bits per heavy atom. The number of carbonyl (C=O) groups excluding carboxylic acids is 4. The van der Waals surface area contributed by atoms with Gasteiger partial charge in [-0.3, -0.25) is 19.2 Å². The average Bonchev–Trinajstić information content (AvgIpc) is 3.25. The monoisotopic (exact) mass is 552 g/mol. The molecule has 2 aliphatic rings. The summed E-state index contributed by atoms with van der Waals surface area (Å²) in [7, 11) is 1.26. The third-order valence-corrected chi connectivity index (χ3v) is 6.85. The number of ether oxygens (including phenoxy) is 4. The lowest BCUT2D eigenvalue weighted by atomic mass is 9.95. The van der Waals surface area contributed by atoms with E-state index in [4.69, 9.17) is 30.5 Å². The highest BCUT2D eigenvalue weighted by atomic mass is 35.5. The van der Waals surface area contributed by atoms with Gasteiger partial charge in [-0.1, -0.05) is 47.6 Å². The smallest absolute Gasteiger partial charge is 0.313 e. The van der Waals surface area contributed by atoms with Crippen molar-refractivity contribution in [2.75, 3.05) is 13.7 Å². The molecule has 0 aromatic heterocycles. The zero-order valence-electron chi connectivity index (χ0n) is 22.4. The molecule has 0 aliphatic carbocycles. The first kappa shape index (κ1) is 31.5. The lowest BCUT2D eigenvalue weighted by molar-refractivity contribution is -0.159. The number of fused-ring (bicyclic) bond motifs is 2. The number of hydrogen-bond donors (Lipinski definition) is 1. The fraction of sp³-hybridized carbons (Fsp3) is 0.571. The first-order valence-corrected chi connectivity index (χ1v) is 12.9. The maximum absolute atomic E-state index is 12.8. The molecular weight excluding hydrogens is 516 g/mol. The Kier molecular flexibility index (Phi) is 12.4. The van der Waals surface area contributed by atoms with Crippen LogP contribution >= 0.6 is 11.6 Å². The number of methoxy groups -OCH3 is 1. The van der Waals surface area contributed by atoms with Crippen LogP contribution in [0.4, 0.5) is 0 Å². The van der Waals surface area contributed by atoms with Crippen LogP contribution in [0.2, 0.25) is 0 Å². The molecule has 1 saturated heterocycles. The van der Waals surface area contributed by atoms with Gasteiger partial charge in [0.25, 0.3) is 0 Å². The van der Waals surface area contributed by atoms with Crippen molar-refractivity contribution >= 4 is 35.3 Å². The Balaban J connectivity index is 2.16. The molecule has 0 spiro atoms. The summed E-state index contributed by atoms with van der Waals surface area (Å²) in [6, 6.07) is 0. The predicted octanol–water partition coefficient (Wildman–Crippen LogP) is 3.87. The predicted molar refractivity (Wildman–Crippen MR) is 140 cm³/mol. The summed E-state index contributed by atoms with van der Waals surface area (Å²) in [5.41, 5.74) is 1.36. The second kappa shape index (κ2) is 15.0. The molecule has 2 heterocycles. The first-order chi connectivity index (χ1) is 17.9. The minimum atomic E-state index is -1.18. The van der Waals surface area contributed by atoms with Crippen LogP contribution in [0.1, 0.15) is 59.3 Å². The molecule has 2 aliphatic heterocycles. The number of allylic oxidation sites excluding steroid dienone is 3. The Hall–Kier alpha value is -2.75. The molecule has 2 rings (SSSR count). The summed E-state index contributed by atoms with van der Waals surface area (Å²) in [4.78, 5) is 48.5. The largest absolute Gasteiger partial charge is 0.469 e. The molecule has 10 heteroatoms. The van der Waals surface area contributed by atoms with Crippen LogP contribution in [0.5, 0.6) is 0 Å². The molecule has 0 radical (unpaired) electrons. The van der Waals surface area contributed by atoms with Gasteiger partial charge in [0.15, 0.2) is 5.78 Å². The minimum Gasteiger partial charge on any atom is -0.469 e. The Labute approximate surface area is 228 Å². The van der Waals surface area contributed by atoms with Crippen LogP contribution in [0.15, 0.2) is 46.6 Å². The van der Waals surface area contributed by atoms with Crippen molar-refractivity contribution in [3.63, 3.8) is 0 Å². The topological polar surface area (TPSA) is 125 Å². The van der Waals surface area contributed by atoms with Crippen molar-refractivity contribution < 1.29 is 43.2 Å². The van der Waals surface area contributed by atoms with E-state index in [1.54, 1.807) is 13.8 Å². The number of aliphatic hydroxyl groups is 1. The second-order valence-electron chi connectivity index (χ2n) is 9.64. The van der Waals surface area contributed by atoms with Gasteiger partial charge in [0.1, 0.15) is 24.9 Å². The number of esters is 3. The van der Waals surface area contributed by atoms with Crippen LogP contribution in [0.3, 0.4) is 0 Å². The Morgan fingerprint density at radius 2 is 2.00 bits per heavy atom. The van der Waals surface area contributed by atoms with E-state index in [9.17, 15) is 24.3 Å². The summed E-state index contributed by atoms with van der Waals surface area (Å²) in [6.45, 7) is 8.07. The summed E-state index contributed by atoms with van der Waals surface area (Å²) >= 11 is 6.37. The summed E-state index contributed by atoms with van der Waals surface area (Å²) in [5.74, 6) is -2.81. The molecule has 0 aromatic carbocycles. The van der Waals surface area contributed by atoms with E-state index in [1.165, 1.54) is 20.1 Å². The molecule has 38 heavy (non-hydrogen) atoms. The van der Waals surface area contributed by atoms with Gasteiger partial charge in [0.05, 0.1) is 32.0 Å². The normalized spacial score (nSPS) is 28.5. The van der Waals surface area contributed by atoms with Gasteiger partial charge in [0, 0.05) is 17.0 Å². The second-order valence-corrected chi connectivity index (χ2v) is 10.1. The zero-order chi connectivity index (χ0) is 28.4. The summed E-state index contributed by atoms with van der Waals surface area (Å²) in [6.07, 6.45) is 3.59. The highest BCUT2D eigenvalue weighted by Crippen LogP contribution is 2.32. The number of rotatable bonds is 8. The van der Waals surface area contributed by atoms with Crippen molar-refractivity contribution in [1.29, 1.82) is 0 Å². The van der Waals surface area contributed by atoms with Crippen molar-refractivity contribution in [3.05, 3.63) is 46.6 Å². The van der Waals surface area contributed by atoms with Gasteiger partial charge in [-0.2, -0.15) is 0 Å². The highest BCUT2D eigenvalue weighted by molar-refractivity contribution is 6.29. The van der Waals surface area contributed by atoms with Crippen LogP contribution in [-0.2, 0) is 38.1 Å². The average molecular weight is 553 g/mol. The molecule has 5 atom stereocenters. The number of hydrogen-bond acceptors (Lipinski definition) is 9. The highest BCUT2D eigenvalue weighted by Gasteiger charge is 2.42. The molecule has 2 bridgehead atoms. The molecule has 0 saturated carbocycles. The maximum atomic E-state index is 12.8. The fourth-order valence-electron chi connectivity index (χ4n) is 4.23. The summed E-state index contributed by atoms with van der Waals surface area (Å²) in [5, 5.41) is 11.6. The van der Waals surface area contributed by atoms with E-state index < -0.39 is 42.1 Å². The SMILES string of the molecule is C=C(COC(=O)C/C(C)=C/[C@@H](O)[C@@H]1O[C@H]2CC/C(Cl)=C\C/C=C(/C)[C@@H](C(=O)OC)CC(=O)O[C@H]1C2)C(C)=O. The van der Waals surface area contributed by atoms with E-state index in [0.717, 1.165) is 0 Å². The zero-order valence-corrected chi connectivity index (χ0v) is 23.1. The van der Waals surface area contributed by atoms with Gasteiger partial charge in [-0.15, -0.1) is 0 Å². The summed E-state index contributed by atoms with van der Waals surface area (Å²) < 4.78 is 21.7. The standard InChI is InChI=1S/C28H37ClO9/c1-16(12-25(32)36-15-18(3)19(4)30)11-23(31)27-24-13-21(37-27)10-9-20(29)8-6-7-17(2)22(28(34)35-5)14-26(33)38-24/h7-8,11,21-24,27,31H,3,6,9-10,12-15H2,1-2,4-5H3/b16-11+,17-7-,20-8+/t21-,22-,23+,24-,27-/m0/s1. The molecule has 0 amide bonds. The number of Topliss-reactive ketones (excluding diaryl/α,β-unsaturated/α-hetero) is 1. The number of carbonyl (C=O) groups is 4. The van der Waals surface area contributed by atoms with Crippen LogP contribution in [0, 0.1) is 5.92 Å². The van der Waals surface area contributed by atoms with E-state index >= 15 is 0 Å². The molecular formula is C28H37ClO9. The third kappa shape index (κ3) is 9.85. The quantitative estimate of drug-likeness (QED) is 0.207. The van der Waals surface area contributed by atoms with Crippen molar-refractivity contribution in [1.82, 2.24) is 0 Å². The van der Waals surface area contributed by atoms with Crippen LogP contribution in [0.25, 0.3) is 0 Å². The van der Waals surface area contributed by atoms with Gasteiger partial charge in [0.2, 0.25) is 0 Å². The van der Waals surface area contributed by atoms with E-state index in [-0.39, 0.29) is 36.9 Å². The van der Waals surface area contributed by atoms with E-state index in [1.807, 2.05) is 12.2 Å². The van der Waals surface area contributed by atoms with Gasteiger partial charge < -0.3 is 24.1 Å². The Morgan fingerprint density at radius 3 is 2.66 bits per heavy atom. The number of halogens is 1. The van der Waals surface area contributed by atoms with E-state index in [2.05, 4.69) is 6.58 Å². The lowest BCUT2D eigenvalue weighted by Gasteiger charge is -2.23. The van der Waals surface area contributed by atoms with Gasteiger partial charge in [-0.05, 0) is 40.0 Å². The number of aliphatic hydroxyl groups excluding tert-OH is 1. The van der Waals surface area contributed by atoms with Gasteiger partial charge in [-0.25, -0.2) is 0 Å².